The van der Waals surface area contributed by atoms with Crippen LogP contribution in [-0.2, 0) is 11.3 Å². The van der Waals surface area contributed by atoms with Gasteiger partial charge in [0.2, 0.25) is 0 Å². The summed E-state index contributed by atoms with van der Waals surface area (Å²) in [5.74, 6) is -3.48. The Hall–Kier alpha value is -3.99. The fraction of sp³-hybridized carbons (Fsp3) is 0.0909. The Balaban J connectivity index is 0.000000383. The molecule has 1 amide bonds. The minimum Gasteiger partial charge on any atom is -0.475 e. The van der Waals surface area contributed by atoms with Crippen LogP contribution < -0.4 is 11.3 Å². The Morgan fingerprint density at radius 2 is 1.55 bits per heavy atom. The Labute approximate surface area is 187 Å². The van der Waals surface area contributed by atoms with Crippen molar-refractivity contribution in [3.8, 4) is 0 Å². The van der Waals surface area contributed by atoms with Gasteiger partial charge in [-0.15, -0.1) is 11.3 Å². The maximum atomic E-state index is 13.0. The van der Waals surface area contributed by atoms with E-state index in [2.05, 4.69) is 0 Å². The van der Waals surface area contributed by atoms with Gasteiger partial charge in [-0.05, 0) is 12.1 Å². The molecule has 0 aliphatic carbocycles. The maximum absolute atomic E-state index is 13.0. The number of carbonyl (C=O) groups excluding carboxylic acids is 2. The number of halogens is 3. The number of para-hydroxylation sites is 1. The normalized spacial score (nSPS) is 11.1. The second-order valence-electron chi connectivity index (χ2n) is 6.72. The molecule has 0 saturated heterocycles. The number of thiophene rings is 1. The van der Waals surface area contributed by atoms with Gasteiger partial charge in [-0.1, -0.05) is 48.5 Å². The molecule has 7 nitrogen and oxygen atoms in total. The highest BCUT2D eigenvalue weighted by Crippen LogP contribution is 2.30. The Bertz CT molecular complexity index is 1430. The fourth-order valence-electron chi connectivity index (χ4n) is 3.04. The zero-order valence-corrected chi connectivity index (χ0v) is 17.4. The smallest absolute Gasteiger partial charge is 0.475 e. The van der Waals surface area contributed by atoms with E-state index in [0.29, 0.717) is 26.0 Å². The average Bonchev–Trinajstić information content (AvgIpc) is 3.23. The van der Waals surface area contributed by atoms with E-state index in [1.165, 1.54) is 22.0 Å². The molecule has 2 aromatic heterocycles. The van der Waals surface area contributed by atoms with Gasteiger partial charge in [0.1, 0.15) is 0 Å². The first-order chi connectivity index (χ1) is 15.5. The standard InChI is InChI=1S/C20H14N2O3S.C2HF3O2/c21-19(24)17-10-14-18(26-17)13-8-4-5-9-15(13)22(20(14)25)11-16(23)12-6-2-1-3-7-12;3-2(4,5)1(6)7/h1-10H,11H2,(H2,21,24);(H,6,7). The second kappa shape index (κ2) is 9.25. The predicted molar refractivity (Wildman–Crippen MR) is 117 cm³/mol. The largest absolute Gasteiger partial charge is 0.490 e. The van der Waals surface area contributed by atoms with Crippen molar-refractivity contribution in [3.63, 3.8) is 0 Å². The van der Waals surface area contributed by atoms with Crippen molar-refractivity contribution in [2.24, 2.45) is 5.73 Å². The number of nitrogens with two attached hydrogens (primary N) is 1. The molecule has 0 saturated carbocycles. The third-order valence-electron chi connectivity index (χ3n) is 4.53. The highest BCUT2D eigenvalue weighted by molar-refractivity contribution is 7.21. The third-order valence-corrected chi connectivity index (χ3v) is 5.71. The van der Waals surface area contributed by atoms with Crippen LogP contribution in [0.4, 0.5) is 13.2 Å². The van der Waals surface area contributed by atoms with E-state index in [9.17, 15) is 27.6 Å². The van der Waals surface area contributed by atoms with Crippen LogP contribution in [0, 0.1) is 0 Å². The zero-order valence-electron chi connectivity index (χ0n) is 16.6. The number of carboxylic acid groups (broad SMARTS) is 1. The third kappa shape index (κ3) is 5.09. The van der Waals surface area contributed by atoms with Gasteiger partial charge in [-0.25, -0.2) is 4.79 Å². The lowest BCUT2D eigenvalue weighted by atomic mass is 10.1. The van der Waals surface area contributed by atoms with Crippen molar-refractivity contribution in [1.29, 1.82) is 0 Å². The average molecular weight is 476 g/mol. The molecule has 0 aliphatic heterocycles. The minimum atomic E-state index is -5.08. The molecule has 3 N–H and O–H groups in total. The molecule has 4 rings (SSSR count). The van der Waals surface area contributed by atoms with Crippen LogP contribution >= 0.6 is 11.3 Å². The number of pyridine rings is 1. The molecule has 0 fully saturated rings. The lowest BCUT2D eigenvalue weighted by Crippen LogP contribution is -2.24. The summed E-state index contributed by atoms with van der Waals surface area (Å²) in [7, 11) is 0. The zero-order chi connectivity index (χ0) is 24.3. The number of primary amides is 1. The number of amides is 1. The van der Waals surface area contributed by atoms with Gasteiger partial charge in [0, 0.05) is 15.6 Å². The monoisotopic (exact) mass is 476 g/mol. The first kappa shape index (κ1) is 23.7. The van der Waals surface area contributed by atoms with Gasteiger partial charge in [0.25, 0.3) is 11.5 Å². The topological polar surface area (TPSA) is 119 Å². The quantitative estimate of drug-likeness (QED) is 0.434. The lowest BCUT2D eigenvalue weighted by Gasteiger charge is -2.11. The van der Waals surface area contributed by atoms with Crippen molar-refractivity contribution in [1.82, 2.24) is 4.57 Å². The summed E-state index contributed by atoms with van der Waals surface area (Å²) in [5.41, 5.74) is 6.28. The Kier molecular flexibility index (Phi) is 6.63. The number of ketones is 1. The number of alkyl halides is 3. The molecule has 4 aromatic rings. The van der Waals surface area contributed by atoms with E-state index >= 15 is 0 Å². The number of carbonyl (C=O) groups is 3. The van der Waals surface area contributed by atoms with Crippen LogP contribution in [0.25, 0.3) is 21.0 Å². The van der Waals surface area contributed by atoms with E-state index in [0.717, 1.165) is 5.39 Å². The van der Waals surface area contributed by atoms with E-state index in [1.807, 2.05) is 24.3 Å². The van der Waals surface area contributed by atoms with Crippen LogP contribution in [0.1, 0.15) is 20.0 Å². The minimum absolute atomic E-state index is 0.0684. The fourth-order valence-corrected chi connectivity index (χ4v) is 4.08. The van der Waals surface area contributed by atoms with Crippen molar-refractivity contribution in [2.45, 2.75) is 12.7 Å². The van der Waals surface area contributed by atoms with Gasteiger partial charge >= 0.3 is 12.1 Å². The maximum Gasteiger partial charge on any atom is 0.490 e. The molecular formula is C22H15F3N2O5S. The molecule has 0 spiro atoms. The summed E-state index contributed by atoms with van der Waals surface area (Å²) in [6, 6.07) is 17.7. The first-order valence-corrected chi connectivity index (χ1v) is 10.1. The number of hydrogen-bond acceptors (Lipinski definition) is 5. The molecule has 0 atom stereocenters. The number of aromatic nitrogens is 1. The van der Waals surface area contributed by atoms with Crippen LogP contribution in [0.2, 0.25) is 0 Å². The molecule has 33 heavy (non-hydrogen) atoms. The molecule has 0 bridgehead atoms. The van der Waals surface area contributed by atoms with Crippen LogP contribution in [0.5, 0.6) is 0 Å². The van der Waals surface area contributed by atoms with Crippen molar-refractivity contribution in [2.75, 3.05) is 0 Å². The van der Waals surface area contributed by atoms with Gasteiger partial charge in [-0.2, -0.15) is 13.2 Å². The first-order valence-electron chi connectivity index (χ1n) is 9.24. The molecule has 11 heteroatoms. The molecule has 2 heterocycles. The number of fused-ring (bicyclic) bond motifs is 3. The van der Waals surface area contributed by atoms with Crippen molar-refractivity contribution >= 4 is 50.0 Å². The molecule has 2 aromatic carbocycles. The number of carboxylic acids is 1. The summed E-state index contributed by atoms with van der Waals surface area (Å²) < 4.78 is 33.9. The summed E-state index contributed by atoms with van der Waals surface area (Å²) in [6.07, 6.45) is -5.08. The Morgan fingerprint density at radius 3 is 2.12 bits per heavy atom. The second-order valence-corrected chi connectivity index (χ2v) is 7.77. The highest BCUT2D eigenvalue weighted by atomic mass is 32.1. The number of rotatable bonds is 4. The van der Waals surface area contributed by atoms with Gasteiger partial charge in [0.05, 0.1) is 22.3 Å². The van der Waals surface area contributed by atoms with Crippen LogP contribution in [-0.4, -0.2) is 33.5 Å². The number of benzene rings is 2. The molecular weight excluding hydrogens is 461 g/mol. The van der Waals surface area contributed by atoms with Crippen LogP contribution in [0.3, 0.4) is 0 Å². The van der Waals surface area contributed by atoms with E-state index in [-0.39, 0.29) is 17.9 Å². The number of aliphatic carboxylic acids is 1. The molecule has 170 valence electrons. The summed E-state index contributed by atoms with van der Waals surface area (Å²) in [4.78, 5) is 46.4. The van der Waals surface area contributed by atoms with Gasteiger partial charge in [0.15, 0.2) is 5.78 Å². The van der Waals surface area contributed by atoms with Gasteiger partial charge < -0.3 is 10.8 Å². The predicted octanol–water partition coefficient (Wildman–Crippen LogP) is 3.83. The molecule has 0 unspecified atom stereocenters. The Morgan fingerprint density at radius 1 is 0.970 bits per heavy atom. The van der Waals surface area contributed by atoms with E-state index < -0.39 is 18.1 Å². The number of nitrogens with zero attached hydrogens (tertiary/aromatic N) is 1. The highest BCUT2D eigenvalue weighted by Gasteiger charge is 2.38. The van der Waals surface area contributed by atoms with E-state index in [1.54, 1.807) is 30.3 Å². The van der Waals surface area contributed by atoms with E-state index in [4.69, 9.17) is 15.6 Å². The van der Waals surface area contributed by atoms with Crippen LogP contribution in [0.15, 0.2) is 65.5 Å². The van der Waals surface area contributed by atoms with Gasteiger partial charge in [-0.3, -0.25) is 19.0 Å². The number of hydrogen-bond donors (Lipinski definition) is 2. The molecule has 0 aliphatic rings. The van der Waals surface area contributed by atoms with Crippen molar-refractivity contribution in [3.05, 3.63) is 81.5 Å². The molecule has 0 radical (unpaired) electrons. The summed E-state index contributed by atoms with van der Waals surface area (Å²) in [6.45, 7) is -0.0684. The van der Waals surface area contributed by atoms with Crippen molar-refractivity contribution < 1.29 is 32.7 Å². The summed E-state index contributed by atoms with van der Waals surface area (Å²) >= 11 is 1.20. The SMILES string of the molecule is NC(=O)c1cc2c(=O)n(CC(=O)c3ccccc3)c3ccccc3c2s1.O=C(O)C(F)(F)F. The lowest BCUT2D eigenvalue weighted by molar-refractivity contribution is -0.192. The summed E-state index contributed by atoms with van der Waals surface area (Å²) in [5, 5.41) is 8.35. The number of Topliss-reactive ketones (excluding diaryl/α,β-unsaturated/α-hetero) is 1.